The maximum Gasteiger partial charge on any atom is 0.340 e. The summed E-state index contributed by atoms with van der Waals surface area (Å²) >= 11 is 3.35. The van der Waals surface area contributed by atoms with Gasteiger partial charge in [0.05, 0.1) is 29.6 Å². The molecule has 1 N–H and O–H groups in total. The third-order valence-corrected chi connectivity index (χ3v) is 8.02. The van der Waals surface area contributed by atoms with Gasteiger partial charge in [-0.2, -0.15) is 0 Å². The molecular formula is C31H32BrF2N5O3. The van der Waals surface area contributed by atoms with E-state index in [2.05, 4.69) is 31.6 Å². The molecule has 2 aromatic carbocycles. The minimum absolute atomic E-state index is 0.192. The normalized spacial score (nSPS) is 15.9. The van der Waals surface area contributed by atoms with Crippen LogP contribution in [0.4, 0.5) is 8.78 Å². The number of fused-ring (bicyclic) bond motifs is 1. The lowest BCUT2D eigenvalue weighted by Gasteiger charge is -2.22. The number of hydrogen-bond donors (Lipinski definition) is 1. The van der Waals surface area contributed by atoms with E-state index in [4.69, 9.17) is 4.74 Å². The molecule has 0 saturated heterocycles. The molecule has 1 aliphatic carbocycles. The number of rotatable bonds is 6. The minimum Gasteiger partial charge on any atom is -0.456 e. The van der Waals surface area contributed by atoms with Crippen LogP contribution in [0.5, 0.6) is 0 Å². The van der Waals surface area contributed by atoms with Crippen LogP contribution in [-0.2, 0) is 17.7 Å². The highest BCUT2D eigenvalue weighted by Gasteiger charge is 2.49. The van der Waals surface area contributed by atoms with Crippen molar-refractivity contribution in [2.75, 3.05) is 0 Å². The number of amides is 1. The number of esters is 1. The minimum atomic E-state index is -3.14. The molecule has 0 saturated carbocycles. The number of nitrogens with one attached hydrogen (secondary N) is 1. The summed E-state index contributed by atoms with van der Waals surface area (Å²) in [5, 5.41) is 11.1. The molecule has 2 aromatic heterocycles. The maximum atomic E-state index is 15.1. The van der Waals surface area contributed by atoms with Crippen LogP contribution in [0.3, 0.4) is 0 Å². The van der Waals surface area contributed by atoms with Crippen LogP contribution in [0.15, 0.2) is 53.1 Å². The number of ether oxygens (including phenoxy) is 1. The number of aromatic nitrogens is 4. The Balaban J connectivity index is 1.41. The molecule has 4 aromatic rings. The van der Waals surface area contributed by atoms with Crippen molar-refractivity contribution in [2.24, 2.45) is 0 Å². The summed E-state index contributed by atoms with van der Waals surface area (Å²) in [5.41, 5.74) is 4.37. The van der Waals surface area contributed by atoms with E-state index in [0.717, 1.165) is 17.0 Å². The van der Waals surface area contributed by atoms with E-state index in [9.17, 15) is 9.59 Å². The summed E-state index contributed by atoms with van der Waals surface area (Å²) in [6.07, 6.45) is 1.23. The molecule has 0 fully saturated rings. The van der Waals surface area contributed by atoms with Gasteiger partial charge in [-0.05, 0) is 82.5 Å². The van der Waals surface area contributed by atoms with Gasteiger partial charge in [-0.15, -0.1) is 5.10 Å². The van der Waals surface area contributed by atoms with E-state index >= 15 is 8.78 Å². The van der Waals surface area contributed by atoms with E-state index in [0.29, 0.717) is 39.1 Å². The lowest BCUT2D eigenvalue weighted by Crippen LogP contribution is -2.38. The quantitative estimate of drug-likeness (QED) is 0.246. The molecule has 1 unspecified atom stereocenters. The lowest BCUT2D eigenvalue weighted by molar-refractivity contribution is -0.0241. The first kappa shape index (κ1) is 29.6. The largest absolute Gasteiger partial charge is 0.456 e. The number of carbonyl (C=O) groups excluding carboxylic acids is 2. The second kappa shape index (κ2) is 10.8. The predicted molar refractivity (Wildman–Crippen MR) is 157 cm³/mol. The summed E-state index contributed by atoms with van der Waals surface area (Å²) in [4.78, 5) is 26.2. The Morgan fingerprint density at radius 1 is 1.12 bits per heavy atom. The van der Waals surface area contributed by atoms with Crippen molar-refractivity contribution in [1.29, 1.82) is 0 Å². The highest BCUT2D eigenvalue weighted by atomic mass is 79.9. The lowest BCUT2D eigenvalue weighted by atomic mass is 10.1. The van der Waals surface area contributed by atoms with Crippen molar-refractivity contribution >= 4 is 27.8 Å². The third kappa shape index (κ3) is 5.74. The number of aryl methyl sites for hydroxylation is 2. The fourth-order valence-corrected chi connectivity index (χ4v) is 5.77. The van der Waals surface area contributed by atoms with Crippen molar-refractivity contribution in [3.8, 4) is 5.69 Å². The third-order valence-electron chi connectivity index (χ3n) is 7.27. The first-order valence-corrected chi connectivity index (χ1v) is 14.3. The van der Waals surface area contributed by atoms with Crippen LogP contribution >= 0.6 is 15.9 Å². The Kier molecular flexibility index (Phi) is 7.59. The molecule has 5 rings (SSSR count). The Morgan fingerprint density at radius 3 is 2.57 bits per heavy atom. The van der Waals surface area contributed by atoms with Crippen LogP contribution in [0.2, 0.25) is 0 Å². The van der Waals surface area contributed by atoms with Gasteiger partial charge >= 0.3 is 5.97 Å². The molecule has 0 radical (unpaired) electrons. The summed E-state index contributed by atoms with van der Waals surface area (Å²) in [7, 11) is 0. The highest BCUT2D eigenvalue weighted by Crippen LogP contribution is 2.45. The smallest absolute Gasteiger partial charge is 0.340 e. The SMILES string of the molecule is Cc1ccc(C(=O)NC2c3cccc(Br)c3CC2(F)F)c(-n2cc(Cn3c(C)cc(C(=O)OC(C)(C)C)c3C)nn2)c1. The van der Waals surface area contributed by atoms with Gasteiger partial charge in [0.2, 0.25) is 0 Å². The topological polar surface area (TPSA) is 91.0 Å². The van der Waals surface area contributed by atoms with Gasteiger partial charge in [0, 0.05) is 22.3 Å². The molecule has 1 atom stereocenters. The van der Waals surface area contributed by atoms with Gasteiger partial charge in [-0.1, -0.05) is 39.3 Å². The first-order valence-electron chi connectivity index (χ1n) is 13.5. The van der Waals surface area contributed by atoms with E-state index in [1.807, 2.05) is 46.1 Å². The van der Waals surface area contributed by atoms with Crippen molar-refractivity contribution in [1.82, 2.24) is 24.9 Å². The van der Waals surface area contributed by atoms with E-state index in [-0.39, 0.29) is 5.56 Å². The van der Waals surface area contributed by atoms with Gasteiger partial charge in [0.25, 0.3) is 11.8 Å². The summed E-state index contributed by atoms with van der Waals surface area (Å²) in [5.74, 6) is -4.18. The molecule has 11 heteroatoms. The molecule has 220 valence electrons. The fraction of sp³-hybridized carbons (Fsp3) is 0.355. The van der Waals surface area contributed by atoms with Crippen molar-refractivity contribution in [3.63, 3.8) is 0 Å². The molecule has 0 aliphatic heterocycles. The zero-order chi connectivity index (χ0) is 30.6. The average molecular weight is 641 g/mol. The van der Waals surface area contributed by atoms with Crippen molar-refractivity contribution in [2.45, 2.75) is 72.1 Å². The number of halogens is 3. The van der Waals surface area contributed by atoms with Crippen LogP contribution in [0.1, 0.15) is 81.3 Å². The van der Waals surface area contributed by atoms with Gasteiger partial charge in [-0.3, -0.25) is 4.79 Å². The molecular weight excluding hydrogens is 608 g/mol. The number of benzene rings is 2. The van der Waals surface area contributed by atoms with Crippen LogP contribution < -0.4 is 5.32 Å². The molecule has 0 spiro atoms. The maximum absolute atomic E-state index is 15.1. The second-order valence-corrected chi connectivity index (χ2v) is 12.6. The number of carbonyl (C=O) groups is 2. The molecule has 42 heavy (non-hydrogen) atoms. The predicted octanol–water partition coefficient (Wildman–Crippen LogP) is 6.42. The zero-order valence-electron chi connectivity index (χ0n) is 24.3. The first-order chi connectivity index (χ1) is 19.6. The van der Waals surface area contributed by atoms with E-state index in [1.54, 1.807) is 48.7 Å². The van der Waals surface area contributed by atoms with Crippen LogP contribution in [0.25, 0.3) is 5.69 Å². The molecule has 1 amide bonds. The van der Waals surface area contributed by atoms with Crippen LogP contribution in [-0.4, -0.2) is 43.0 Å². The molecule has 8 nitrogen and oxygen atoms in total. The van der Waals surface area contributed by atoms with Crippen molar-refractivity contribution in [3.05, 3.63) is 98.0 Å². The van der Waals surface area contributed by atoms with Gasteiger partial charge < -0.3 is 14.6 Å². The summed E-state index contributed by atoms with van der Waals surface area (Å²) < 4.78 is 39.7. The monoisotopic (exact) mass is 639 g/mol. The Labute approximate surface area is 251 Å². The number of nitrogens with zero attached hydrogens (tertiary/aromatic N) is 4. The average Bonchev–Trinajstić information content (AvgIpc) is 3.55. The Morgan fingerprint density at radius 2 is 1.86 bits per heavy atom. The Hall–Kier alpha value is -3.86. The molecule has 0 bridgehead atoms. The Bertz CT molecular complexity index is 1700. The highest BCUT2D eigenvalue weighted by molar-refractivity contribution is 9.10. The summed E-state index contributed by atoms with van der Waals surface area (Å²) in [6, 6.07) is 10.4. The van der Waals surface area contributed by atoms with Crippen molar-refractivity contribution < 1.29 is 23.1 Å². The molecule has 1 aliphatic rings. The van der Waals surface area contributed by atoms with E-state index < -0.39 is 35.9 Å². The summed E-state index contributed by atoms with van der Waals surface area (Å²) in [6.45, 7) is 11.4. The van der Waals surface area contributed by atoms with E-state index in [1.165, 1.54) is 4.68 Å². The van der Waals surface area contributed by atoms with Gasteiger partial charge in [0.1, 0.15) is 17.3 Å². The van der Waals surface area contributed by atoms with Crippen LogP contribution in [0, 0.1) is 20.8 Å². The number of alkyl halides is 2. The van der Waals surface area contributed by atoms with Gasteiger partial charge in [-0.25, -0.2) is 18.3 Å². The fourth-order valence-electron chi connectivity index (χ4n) is 5.25. The molecule has 2 heterocycles. The second-order valence-electron chi connectivity index (χ2n) is 11.7. The zero-order valence-corrected chi connectivity index (χ0v) is 25.8. The van der Waals surface area contributed by atoms with Gasteiger partial charge in [0.15, 0.2) is 0 Å². The number of hydrogen-bond acceptors (Lipinski definition) is 5. The standard InChI is InChI=1S/C31H32BrF2N5O3/c1-17-10-11-22(28(40)35-27-21-8-7-9-25(32)24(21)14-31(27,33)34)26(12-17)39-16-20(36-37-39)15-38-18(2)13-23(19(38)3)29(41)42-30(4,5)6/h7-13,16,27H,14-15H2,1-6H3,(H,35,40).